The summed E-state index contributed by atoms with van der Waals surface area (Å²) in [5.41, 5.74) is 9.15. The molecule has 18 heavy (non-hydrogen) atoms. The van der Waals surface area contributed by atoms with Crippen molar-refractivity contribution in [2.24, 2.45) is 11.5 Å². The molecule has 0 bridgehead atoms. The van der Waals surface area contributed by atoms with E-state index in [0.29, 0.717) is 0 Å². The highest BCUT2D eigenvalue weighted by Crippen LogP contribution is 2.29. The quantitative estimate of drug-likeness (QED) is 0.380. The Morgan fingerprint density at radius 2 is 2.11 bits per heavy atom. The SMILES string of the molecule is NCC(=O)N1C[C@]2(C[C@H]1C(N)=O)NC(=O)NC2=O. The number of nitrogens with two attached hydrogens (primary N) is 2. The predicted molar refractivity (Wildman–Crippen MR) is 57.8 cm³/mol. The molecule has 0 aromatic carbocycles. The number of amides is 5. The maximum Gasteiger partial charge on any atom is 0.322 e. The molecule has 98 valence electrons. The normalized spacial score (nSPS) is 30.5. The summed E-state index contributed by atoms with van der Waals surface area (Å²) in [4.78, 5) is 46.9. The van der Waals surface area contributed by atoms with E-state index >= 15 is 0 Å². The lowest BCUT2D eigenvalue weighted by molar-refractivity contribution is -0.136. The van der Waals surface area contributed by atoms with Crippen molar-refractivity contribution in [2.75, 3.05) is 13.1 Å². The molecule has 0 aliphatic carbocycles. The van der Waals surface area contributed by atoms with Crippen LogP contribution in [0.1, 0.15) is 6.42 Å². The van der Waals surface area contributed by atoms with E-state index in [1.165, 1.54) is 0 Å². The predicted octanol–water partition coefficient (Wildman–Crippen LogP) is -3.39. The van der Waals surface area contributed by atoms with Gasteiger partial charge >= 0.3 is 6.03 Å². The standard InChI is InChI=1S/C9H13N5O4/c10-2-5(15)14-3-9(1-4(14)6(11)16)7(17)12-8(18)13-9/h4H,1-3,10H2,(H2,11,16)(H2,12,13,17,18)/t4-,9-/m0/s1. The van der Waals surface area contributed by atoms with Gasteiger partial charge in [0, 0.05) is 6.42 Å². The van der Waals surface area contributed by atoms with Gasteiger partial charge in [-0.05, 0) is 0 Å². The van der Waals surface area contributed by atoms with E-state index in [9.17, 15) is 19.2 Å². The number of rotatable bonds is 2. The zero-order chi connectivity index (χ0) is 13.5. The summed E-state index contributed by atoms with van der Waals surface area (Å²) >= 11 is 0. The van der Waals surface area contributed by atoms with Gasteiger partial charge in [0.15, 0.2) is 0 Å². The molecule has 2 atom stereocenters. The maximum absolute atomic E-state index is 11.7. The third-order valence-electron chi connectivity index (χ3n) is 3.20. The summed E-state index contributed by atoms with van der Waals surface area (Å²) in [5, 5.41) is 4.51. The van der Waals surface area contributed by atoms with E-state index in [2.05, 4.69) is 10.6 Å². The smallest absolute Gasteiger partial charge is 0.322 e. The number of carbonyl (C=O) groups excluding carboxylic acids is 4. The number of hydrogen-bond donors (Lipinski definition) is 4. The van der Waals surface area contributed by atoms with Crippen LogP contribution in [0.25, 0.3) is 0 Å². The summed E-state index contributed by atoms with van der Waals surface area (Å²) in [6, 6.07) is -1.59. The summed E-state index contributed by atoms with van der Waals surface area (Å²) < 4.78 is 0. The lowest BCUT2D eigenvalue weighted by atomic mass is 9.96. The van der Waals surface area contributed by atoms with Crippen LogP contribution in [0.2, 0.25) is 0 Å². The molecule has 1 spiro atoms. The molecule has 5 amide bonds. The van der Waals surface area contributed by atoms with Gasteiger partial charge in [-0.1, -0.05) is 0 Å². The Labute approximate surface area is 102 Å². The minimum atomic E-state index is -1.28. The van der Waals surface area contributed by atoms with Crippen molar-refractivity contribution in [3.05, 3.63) is 0 Å². The average molecular weight is 255 g/mol. The molecular weight excluding hydrogens is 242 g/mol. The Bertz CT molecular complexity index is 450. The van der Waals surface area contributed by atoms with Gasteiger partial charge in [-0.15, -0.1) is 0 Å². The lowest BCUT2D eigenvalue weighted by Gasteiger charge is -2.22. The minimum Gasteiger partial charge on any atom is -0.368 e. The van der Waals surface area contributed by atoms with Gasteiger partial charge < -0.3 is 21.7 Å². The zero-order valence-corrected chi connectivity index (χ0v) is 9.43. The number of urea groups is 1. The second kappa shape index (κ2) is 3.95. The number of nitrogens with zero attached hydrogens (tertiary/aromatic N) is 1. The highest BCUT2D eigenvalue weighted by molar-refractivity contribution is 6.08. The molecular formula is C9H13N5O4. The van der Waals surface area contributed by atoms with E-state index in [4.69, 9.17) is 11.5 Å². The number of likely N-dealkylation sites (tertiary alicyclic amines) is 1. The van der Waals surface area contributed by atoms with E-state index in [1.807, 2.05) is 0 Å². The minimum absolute atomic E-state index is 0.0361. The summed E-state index contributed by atoms with van der Waals surface area (Å²) in [5.74, 6) is -1.79. The Morgan fingerprint density at radius 3 is 2.56 bits per heavy atom. The molecule has 9 nitrogen and oxygen atoms in total. The summed E-state index contributed by atoms with van der Waals surface area (Å²) in [6.45, 7) is -0.399. The van der Waals surface area contributed by atoms with E-state index < -0.39 is 35.3 Å². The molecule has 2 heterocycles. The van der Waals surface area contributed by atoms with Crippen molar-refractivity contribution >= 4 is 23.8 Å². The third kappa shape index (κ3) is 1.68. The van der Waals surface area contributed by atoms with Crippen LogP contribution in [-0.2, 0) is 14.4 Å². The van der Waals surface area contributed by atoms with Crippen LogP contribution in [0.5, 0.6) is 0 Å². The average Bonchev–Trinajstić information content (AvgIpc) is 2.80. The van der Waals surface area contributed by atoms with Crippen molar-refractivity contribution in [1.82, 2.24) is 15.5 Å². The van der Waals surface area contributed by atoms with Crippen LogP contribution in [0.3, 0.4) is 0 Å². The van der Waals surface area contributed by atoms with Crippen LogP contribution in [0.15, 0.2) is 0 Å². The van der Waals surface area contributed by atoms with E-state index in [0.717, 1.165) is 4.90 Å². The second-order valence-corrected chi connectivity index (χ2v) is 4.34. The fourth-order valence-corrected chi connectivity index (χ4v) is 2.32. The van der Waals surface area contributed by atoms with Crippen molar-refractivity contribution in [1.29, 1.82) is 0 Å². The van der Waals surface area contributed by atoms with Gasteiger partial charge in [-0.25, -0.2) is 4.79 Å². The maximum atomic E-state index is 11.7. The van der Waals surface area contributed by atoms with Crippen LogP contribution in [0, 0.1) is 0 Å². The molecule has 6 N–H and O–H groups in total. The van der Waals surface area contributed by atoms with Gasteiger partial charge in [0.1, 0.15) is 11.6 Å². The molecule has 2 aliphatic rings. The summed E-state index contributed by atoms with van der Waals surface area (Å²) in [6.07, 6.45) is -0.0361. The molecule has 0 aromatic heterocycles. The summed E-state index contributed by atoms with van der Waals surface area (Å²) in [7, 11) is 0. The topological polar surface area (TPSA) is 148 Å². The molecule has 2 aliphatic heterocycles. The molecule has 0 unspecified atom stereocenters. The molecule has 2 saturated heterocycles. The molecule has 2 rings (SSSR count). The Kier molecular flexibility index (Phi) is 2.70. The molecule has 0 aromatic rings. The second-order valence-electron chi connectivity index (χ2n) is 4.34. The first-order valence-electron chi connectivity index (χ1n) is 5.32. The van der Waals surface area contributed by atoms with Crippen LogP contribution in [0.4, 0.5) is 4.79 Å². The Hall–Kier alpha value is -2.16. The van der Waals surface area contributed by atoms with E-state index in [-0.39, 0.29) is 19.5 Å². The van der Waals surface area contributed by atoms with Crippen LogP contribution in [-0.4, -0.2) is 53.3 Å². The van der Waals surface area contributed by atoms with Gasteiger partial charge in [-0.2, -0.15) is 0 Å². The zero-order valence-electron chi connectivity index (χ0n) is 9.43. The highest BCUT2D eigenvalue weighted by atomic mass is 16.2. The Morgan fingerprint density at radius 1 is 1.44 bits per heavy atom. The molecule has 9 heteroatoms. The number of carbonyl (C=O) groups is 4. The molecule has 0 radical (unpaired) electrons. The first kappa shape index (κ1) is 12.3. The third-order valence-corrected chi connectivity index (χ3v) is 3.20. The van der Waals surface area contributed by atoms with Crippen molar-refractivity contribution < 1.29 is 19.2 Å². The van der Waals surface area contributed by atoms with Crippen LogP contribution < -0.4 is 22.1 Å². The fraction of sp³-hybridized carbons (Fsp3) is 0.556. The molecule has 2 fully saturated rings. The van der Waals surface area contributed by atoms with Crippen molar-refractivity contribution in [2.45, 2.75) is 18.0 Å². The highest BCUT2D eigenvalue weighted by Gasteiger charge is 2.56. The molecule has 0 saturated carbocycles. The number of hydrogen-bond acceptors (Lipinski definition) is 5. The number of imide groups is 1. The fourth-order valence-electron chi connectivity index (χ4n) is 2.32. The van der Waals surface area contributed by atoms with Gasteiger partial charge in [0.25, 0.3) is 5.91 Å². The lowest BCUT2D eigenvalue weighted by Crippen LogP contribution is -2.50. The monoisotopic (exact) mass is 255 g/mol. The number of nitrogens with one attached hydrogen (secondary N) is 2. The largest absolute Gasteiger partial charge is 0.368 e. The van der Waals surface area contributed by atoms with Gasteiger partial charge in [0.05, 0.1) is 13.1 Å². The van der Waals surface area contributed by atoms with E-state index in [1.54, 1.807) is 0 Å². The first-order chi connectivity index (χ1) is 8.39. The van der Waals surface area contributed by atoms with Crippen molar-refractivity contribution in [3.63, 3.8) is 0 Å². The van der Waals surface area contributed by atoms with Gasteiger partial charge in [0.2, 0.25) is 11.8 Å². The van der Waals surface area contributed by atoms with Gasteiger partial charge in [-0.3, -0.25) is 19.7 Å². The Balaban J connectivity index is 2.29. The number of primary amides is 1. The van der Waals surface area contributed by atoms with Crippen molar-refractivity contribution in [3.8, 4) is 0 Å². The first-order valence-corrected chi connectivity index (χ1v) is 5.32. The van der Waals surface area contributed by atoms with Crippen LogP contribution >= 0.6 is 0 Å².